The van der Waals surface area contributed by atoms with Gasteiger partial charge in [-0.3, -0.25) is 0 Å². The van der Waals surface area contributed by atoms with Crippen LogP contribution in [-0.4, -0.2) is 17.8 Å². The number of hydrogen-bond acceptors (Lipinski definition) is 2. The fourth-order valence-corrected chi connectivity index (χ4v) is 3.84. The van der Waals surface area contributed by atoms with E-state index in [4.69, 9.17) is 4.74 Å². The summed E-state index contributed by atoms with van der Waals surface area (Å²) in [5.74, 6) is 2.08. The first-order valence-corrected chi connectivity index (χ1v) is 8.22. The molecular formula is C19H26O2. The van der Waals surface area contributed by atoms with Crippen molar-refractivity contribution >= 4 is 0 Å². The number of benzene rings is 1. The number of rotatable bonds is 4. The molecule has 114 valence electrons. The summed E-state index contributed by atoms with van der Waals surface area (Å²) in [6.07, 6.45) is 7.20. The highest BCUT2D eigenvalue weighted by molar-refractivity contribution is 5.39. The smallest absolute Gasteiger partial charge is 0.122 e. The molecule has 1 heterocycles. The molecule has 2 aliphatic rings. The molecule has 3 atom stereocenters. The average molecular weight is 286 g/mol. The van der Waals surface area contributed by atoms with E-state index in [2.05, 4.69) is 38.1 Å². The van der Waals surface area contributed by atoms with Crippen LogP contribution in [0.1, 0.15) is 44.2 Å². The van der Waals surface area contributed by atoms with Gasteiger partial charge in [-0.15, -0.1) is 0 Å². The normalized spacial score (nSPS) is 26.0. The molecule has 0 aromatic heterocycles. The van der Waals surface area contributed by atoms with Gasteiger partial charge in [0.1, 0.15) is 5.75 Å². The Kier molecular flexibility index (Phi) is 4.34. The van der Waals surface area contributed by atoms with Gasteiger partial charge in [0.2, 0.25) is 0 Å². The van der Waals surface area contributed by atoms with E-state index in [1.165, 1.54) is 16.7 Å². The van der Waals surface area contributed by atoms with Crippen molar-refractivity contribution in [1.82, 2.24) is 0 Å². The maximum absolute atomic E-state index is 10.5. The molecule has 3 unspecified atom stereocenters. The Morgan fingerprint density at radius 2 is 2.24 bits per heavy atom. The Bertz CT molecular complexity index is 532. The number of fused-ring (bicyclic) bond motifs is 1. The van der Waals surface area contributed by atoms with Crippen molar-refractivity contribution in [1.29, 1.82) is 0 Å². The first kappa shape index (κ1) is 14.6. The van der Waals surface area contributed by atoms with Gasteiger partial charge in [0, 0.05) is 6.42 Å². The van der Waals surface area contributed by atoms with Crippen LogP contribution in [0.4, 0.5) is 0 Å². The van der Waals surface area contributed by atoms with E-state index >= 15 is 0 Å². The molecular weight excluding hydrogens is 260 g/mol. The molecule has 21 heavy (non-hydrogen) atoms. The second kappa shape index (κ2) is 6.23. The summed E-state index contributed by atoms with van der Waals surface area (Å²) in [5.41, 5.74) is 4.09. The van der Waals surface area contributed by atoms with E-state index in [1.54, 1.807) is 0 Å². The predicted molar refractivity (Wildman–Crippen MR) is 85.6 cm³/mol. The van der Waals surface area contributed by atoms with Crippen LogP contribution in [0, 0.1) is 11.8 Å². The number of allylic oxidation sites excluding steroid dienone is 2. The maximum Gasteiger partial charge on any atom is 0.122 e. The van der Waals surface area contributed by atoms with E-state index in [0.29, 0.717) is 11.8 Å². The van der Waals surface area contributed by atoms with E-state index in [1.807, 2.05) is 0 Å². The van der Waals surface area contributed by atoms with Crippen molar-refractivity contribution in [3.8, 4) is 5.75 Å². The first-order valence-electron chi connectivity index (χ1n) is 8.22. The SMILES string of the molecule is CC1=CC(C)CC(C(O)CCc2ccc3c(c2)CCO3)C1. The summed E-state index contributed by atoms with van der Waals surface area (Å²) >= 11 is 0. The van der Waals surface area contributed by atoms with Crippen molar-refractivity contribution in [2.45, 2.75) is 52.1 Å². The Hall–Kier alpha value is -1.28. The van der Waals surface area contributed by atoms with Crippen molar-refractivity contribution < 1.29 is 9.84 Å². The third-order valence-corrected chi connectivity index (χ3v) is 4.85. The molecule has 0 fully saturated rings. The van der Waals surface area contributed by atoms with E-state index in [9.17, 15) is 5.11 Å². The summed E-state index contributed by atoms with van der Waals surface area (Å²) in [4.78, 5) is 0. The quantitative estimate of drug-likeness (QED) is 0.850. The Morgan fingerprint density at radius 3 is 3.05 bits per heavy atom. The summed E-state index contributed by atoms with van der Waals surface area (Å²) < 4.78 is 5.54. The van der Waals surface area contributed by atoms with E-state index < -0.39 is 0 Å². The van der Waals surface area contributed by atoms with E-state index in [0.717, 1.165) is 44.5 Å². The van der Waals surface area contributed by atoms with Crippen LogP contribution in [0.25, 0.3) is 0 Å². The average Bonchev–Trinajstić information content (AvgIpc) is 2.91. The van der Waals surface area contributed by atoms with Crippen molar-refractivity contribution in [3.63, 3.8) is 0 Å². The number of hydrogen-bond donors (Lipinski definition) is 1. The highest BCUT2D eigenvalue weighted by atomic mass is 16.5. The Morgan fingerprint density at radius 1 is 1.38 bits per heavy atom. The first-order chi connectivity index (χ1) is 10.1. The van der Waals surface area contributed by atoms with Crippen molar-refractivity contribution in [3.05, 3.63) is 41.0 Å². The van der Waals surface area contributed by atoms with Gasteiger partial charge < -0.3 is 9.84 Å². The van der Waals surface area contributed by atoms with Gasteiger partial charge in [0.25, 0.3) is 0 Å². The minimum absolute atomic E-state index is 0.180. The minimum Gasteiger partial charge on any atom is -0.493 e. The topological polar surface area (TPSA) is 29.5 Å². The molecule has 1 aliphatic heterocycles. The second-order valence-electron chi connectivity index (χ2n) is 6.84. The molecule has 0 amide bonds. The van der Waals surface area contributed by atoms with Crippen LogP contribution < -0.4 is 4.74 Å². The van der Waals surface area contributed by atoms with Gasteiger partial charge in [-0.25, -0.2) is 0 Å². The lowest BCUT2D eigenvalue weighted by atomic mass is 9.79. The zero-order valence-electron chi connectivity index (χ0n) is 13.1. The second-order valence-corrected chi connectivity index (χ2v) is 6.84. The molecule has 2 nitrogen and oxygen atoms in total. The number of aliphatic hydroxyl groups excluding tert-OH is 1. The Balaban J connectivity index is 1.56. The van der Waals surface area contributed by atoms with Crippen LogP contribution in [0.2, 0.25) is 0 Å². The summed E-state index contributed by atoms with van der Waals surface area (Å²) in [6.45, 7) is 5.26. The predicted octanol–water partition coefficient (Wildman–Crippen LogP) is 3.91. The van der Waals surface area contributed by atoms with Crippen LogP contribution in [0.5, 0.6) is 5.75 Å². The fourth-order valence-electron chi connectivity index (χ4n) is 3.84. The molecule has 0 radical (unpaired) electrons. The van der Waals surface area contributed by atoms with Crippen LogP contribution in [0.15, 0.2) is 29.8 Å². The summed E-state index contributed by atoms with van der Waals surface area (Å²) in [5, 5.41) is 10.5. The minimum atomic E-state index is -0.180. The monoisotopic (exact) mass is 286 g/mol. The lowest BCUT2D eigenvalue weighted by molar-refractivity contribution is 0.0853. The standard InChI is InChI=1S/C19H26O2/c1-13-9-14(2)11-17(10-13)18(20)5-3-15-4-6-19-16(12-15)7-8-21-19/h4,6,9,12-13,17-18,20H,3,5,7-8,10-11H2,1-2H3. The highest BCUT2D eigenvalue weighted by Crippen LogP contribution is 2.32. The molecule has 1 aromatic carbocycles. The highest BCUT2D eigenvalue weighted by Gasteiger charge is 2.24. The van der Waals surface area contributed by atoms with Gasteiger partial charge in [-0.05, 0) is 61.6 Å². The van der Waals surface area contributed by atoms with Gasteiger partial charge in [-0.2, -0.15) is 0 Å². The lowest BCUT2D eigenvalue weighted by Gasteiger charge is -2.29. The molecule has 2 heteroatoms. The van der Waals surface area contributed by atoms with E-state index in [-0.39, 0.29) is 6.10 Å². The molecule has 0 saturated carbocycles. The van der Waals surface area contributed by atoms with Gasteiger partial charge in [0.05, 0.1) is 12.7 Å². The maximum atomic E-state index is 10.5. The van der Waals surface area contributed by atoms with Crippen molar-refractivity contribution in [2.75, 3.05) is 6.61 Å². The van der Waals surface area contributed by atoms with Gasteiger partial charge in [-0.1, -0.05) is 30.7 Å². The zero-order valence-corrected chi connectivity index (χ0v) is 13.1. The van der Waals surface area contributed by atoms with Gasteiger partial charge in [0.15, 0.2) is 0 Å². The number of ether oxygens (including phenoxy) is 1. The molecule has 1 aromatic rings. The number of aryl methyl sites for hydroxylation is 1. The van der Waals surface area contributed by atoms with Crippen molar-refractivity contribution in [2.24, 2.45) is 11.8 Å². The van der Waals surface area contributed by atoms with Crippen LogP contribution in [0.3, 0.4) is 0 Å². The molecule has 3 rings (SSSR count). The molecule has 1 N–H and O–H groups in total. The molecule has 0 saturated heterocycles. The fraction of sp³-hybridized carbons (Fsp3) is 0.579. The van der Waals surface area contributed by atoms with Gasteiger partial charge >= 0.3 is 0 Å². The Labute approximate surface area is 127 Å². The summed E-state index contributed by atoms with van der Waals surface area (Å²) in [7, 11) is 0. The molecule has 0 spiro atoms. The lowest BCUT2D eigenvalue weighted by Crippen LogP contribution is -2.25. The zero-order chi connectivity index (χ0) is 14.8. The summed E-state index contributed by atoms with van der Waals surface area (Å²) in [6, 6.07) is 6.48. The largest absolute Gasteiger partial charge is 0.493 e. The number of aliphatic hydroxyl groups is 1. The van der Waals surface area contributed by atoms with Crippen LogP contribution in [-0.2, 0) is 12.8 Å². The molecule has 1 aliphatic carbocycles. The third kappa shape index (κ3) is 3.49. The molecule has 0 bridgehead atoms. The van der Waals surface area contributed by atoms with Crippen LogP contribution >= 0.6 is 0 Å². The third-order valence-electron chi connectivity index (χ3n) is 4.85.